The van der Waals surface area contributed by atoms with Gasteiger partial charge in [-0.25, -0.2) is 19.9 Å². The van der Waals surface area contributed by atoms with E-state index in [0.29, 0.717) is 47.4 Å². The molecule has 0 radical (unpaired) electrons. The molecule has 10 nitrogen and oxygen atoms in total. The van der Waals surface area contributed by atoms with Gasteiger partial charge in [-0.1, -0.05) is 0 Å². The number of nitrogens with one attached hydrogen (secondary N) is 1. The van der Waals surface area contributed by atoms with E-state index < -0.39 is 6.29 Å². The van der Waals surface area contributed by atoms with Crippen LogP contribution in [0.4, 0.5) is 10.9 Å². The molecule has 1 aromatic carbocycles. The summed E-state index contributed by atoms with van der Waals surface area (Å²) in [6.45, 7) is 7.04. The molecule has 0 fully saturated rings. The van der Waals surface area contributed by atoms with Gasteiger partial charge in [0.2, 0.25) is 11.0 Å². The predicted octanol–water partition coefficient (Wildman–Crippen LogP) is 4.50. The van der Waals surface area contributed by atoms with E-state index in [0.717, 1.165) is 10.9 Å². The second kappa shape index (κ2) is 10.9. The summed E-state index contributed by atoms with van der Waals surface area (Å²) >= 11 is 1.27. The van der Waals surface area contributed by atoms with Crippen LogP contribution in [0.3, 0.4) is 0 Å². The van der Waals surface area contributed by atoms with E-state index in [1.165, 1.54) is 17.9 Å². The Hall–Kier alpha value is -3.41. The summed E-state index contributed by atoms with van der Waals surface area (Å²) in [7, 11) is 0. The Labute approximate surface area is 195 Å². The van der Waals surface area contributed by atoms with Crippen LogP contribution in [-0.4, -0.2) is 50.4 Å². The quantitative estimate of drug-likeness (QED) is 0.316. The fourth-order valence-electron chi connectivity index (χ4n) is 2.96. The highest BCUT2D eigenvalue weighted by molar-refractivity contribution is 7.09. The molecule has 0 spiro atoms. The first kappa shape index (κ1) is 22.8. The molecule has 0 aliphatic heterocycles. The number of nitrogens with zero attached hydrogens (tertiary/aromatic N) is 5. The number of rotatable bonds is 11. The molecule has 4 aromatic rings. The molecular formula is C22H24N6O4S. The smallest absolute Gasteiger partial charge is 0.219 e. The van der Waals surface area contributed by atoms with Crippen molar-refractivity contribution in [3.8, 4) is 17.4 Å². The summed E-state index contributed by atoms with van der Waals surface area (Å²) in [5.41, 5.74) is 0.774. The van der Waals surface area contributed by atoms with Crippen LogP contribution in [0.15, 0.2) is 42.9 Å². The van der Waals surface area contributed by atoms with E-state index in [2.05, 4.69) is 29.6 Å². The van der Waals surface area contributed by atoms with Gasteiger partial charge in [0.05, 0.1) is 11.7 Å². The van der Waals surface area contributed by atoms with Crippen LogP contribution in [0.5, 0.6) is 17.4 Å². The lowest BCUT2D eigenvalue weighted by Crippen LogP contribution is -2.25. The molecule has 0 saturated carbocycles. The third kappa shape index (κ3) is 6.09. The second-order valence-corrected chi connectivity index (χ2v) is 7.51. The molecule has 33 heavy (non-hydrogen) atoms. The van der Waals surface area contributed by atoms with Gasteiger partial charge >= 0.3 is 0 Å². The predicted molar refractivity (Wildman–Crippen MR) is 124 cm³/mol. The van der Waals surface area contributed by atoms with Crippen LogP contribution in [0, 0.1) is 6.92 Å². The van der Waals surface area contributed by atoms with Crippen molar-refractivity contribution in [3.63, 3.8) is 0 Å². The molecule has 1 N–H and O–H groups in total. The molecule has 0 bridgehead atoms. The molecule has 3 aromatic heterocycles. The Bertz CT molecular complexity index is 1180. The average Bonchev–Trinajstić information content (AvgIpc) is 3.23. The zero-order valence-electron chi connectivity index (χ0n) is 18.5. The Morgan fingerprint density at radius 1 is 1.00 bits per heavy atom. The first-order valence-electron chi connectivity index (χ1n) is 10.5. The molecule has 172 valence electrons. The fourth-order valence-corrected chi connectivity index (χ4v) is 3.54. The molecule has 11 heteroatoms. The summed E-state index contributed by atoms with van der Waals surface area (Å²) in [6, 6.07) is 9.07. The Morgan fingerprint density at radius 2 is 1.82 bits per heavy atom. The summed E-state index contributed by atoms with van der Waals surface area (Å²) in [5, 5.41) is 4.64. The third-order valence-electron chi connectivity index (χ3n) is 4.38. The summed E-state index contributed by atoms with van der Waals surface area (Å²) in [6.07, 6.45) is 2.68. The van der Waals surface area contributed by atoms with E-state index in [9.17, 15) is 0 Å². The van der Waals surface area contributed by atoms with Crippen LogP contribution in [0.1, 0.15) is 19.7 Å². The van der Waals surface area contributed by atoms with Crippen molar-refractivity contribution in [1.82, 2.24) is 24.3 Å². The van der Waals surface area contributed by atoms with Gasteiger partial charge in [0.15, 0.2) is 6.29 Å². The lowest BCUT2D eigenvalue weighted by atomic mass is 10.2. The van der Waals surface area contributed by atoms with Gasteiger partial charge in [-0.2, -0.15) is 4.37 Å². The van der Waals surface area contributed by atoms with E-state index in [4.69, 9.17) is 18.9 Å². The maximum absolute atomic E-state index is 5.93. The van der Waals surface area contributed by atoms with Crippen LogP contribution < -0.4 is 14.8 Å². The summed E-state index contributed by atoms with van der Waals surface area (Å²) < 4.78 is 26.8. The minimum absolute atomic E-state index is 0.276. The molecule has 0 atom stereocenters. The normalized spacial score (nSPS) is 11.2. The molecule has 0 unspecified atom stereocenters. The Balaban J connectivity index is 1.44. The third-order valence-corrected chi connectivity index (χ3v) is 5.10. The van der Waals surface area contributed by atoms with Gasteiger partial charge in [0.1, 0.15) is 36.1 Å². The highest BCUT2D eigenvalue weighted by Crippen LogP contribution is 2.29. The molecule has 0 aliphatic rings. The van der Waals surface area contributed by atoms with Crippen molar-refractivity contribution in [2.45, 2.75) is 27.1 Å². The first-order valence-corrected chi connectivity index (χ1v) is 11.2. The highest BCUT2D eigenvalue weighted by Gasteiger charge is 2.11. The van der Waals surface area contributed by atoms with E-state index >= 15 is 0 Å². The van der Waals surface area contributed by atoms with Crippen LogP contribution in [0.2, 0.25) is 0 Å². The number of anilines is 2. The number of fused-ring (bicyclic) bond motifs is 1. The fraction of sp³-hybridized carbons (Fsp3) is 0.318. The van der Waals surface area contributed by atoms with E-state index in [1.54, 1.807) is 18.3 Å². The Kier molecular flexibility index (Phi) is 7.55. The lowest BCUT2D eigenvalue weighted by molar-refractivity contribution is -0.152. The van der Waals surface area contributed by atoms with Crippen molar-refractivity contribution in [2.75, 3.05) is 25.1 Å². The number of ether oxygens (including phenoxy) is 4. The van der Waals surface area contributed by atoms with Gasteiger partial charge in [-0.15, -0.1) is 0 Å². The minimum atomic E-state index is -0.414. The van der Waals surface area contributed by atoms with Crippen LogP contribution in [-0.2, 0) is 9.47 Å². The zero-order valence-corrected chi connectivity index (χ0v) is 19.3. The topological polar surface area (TPSA) is 113 Å². The molecule has 0 aliphatic carbocycles. The van der Waals surface area contributed by atoms with Gasteiger partial charge < -0.3 is 24.3 Å². The number of hydrogen-bond acceptors (Lipinski definition) is 11. The lowest BCUT2D eigenvalue weighted by Gasteiger charge is -2.17. The van der Waals surface area contributed by atoms with Gasteiger partial charge in [-0.3, -0.25) is 0 Å². The SMILES string of the molecule is CCOC(COc1ccc(Oc2ccc3ncnc(Nc4nc(C)ns4)c3c2)nc1)OCC. The summed E-state index contributed by atoms with van der Waals surface area (Å²) in [4.78, 5) is 17.3. The highest BCUT2D eigenvalue weighted by atomic mass is 32.1. The minimum Gasteiger partial charge on any atom is -0.487 e. The molecule has 0 saturated heterocycles. The van der Waals surface area contributed by atoms with Crippen molar-refractivity contribution >= 4 is 33.4 Å². The number of aryl methyl sites for hydroxylation is 1. The number of aromatic nitrogens is 5. The Morgan fingerprint density at radius 3 is 2.52 bits per heavy atom. The largest absolute Gasteiger partial charge is 0.487 e. The molecular weight excluding hydrogens is 444 g/mol. The summed E-state index contributed by atoms with van der Waals surface area (Å²) in [5.74, 6) is 2.95. The first-order chi connectivity index (χ1) is 16.1. The van der Waals surface area contributed by atoms with Crippen LogP contribution in [0.25, 0.3) is 10.9 Å². The molecule has 4 rings (SSSR count). The van der Waals surface area contributed by atoms with Gasteiger partial charge in [0.25, 0.3) is 0 Å². The maximum atomic E-state index is 5.93. The maximum Gasteiger partial charge on any atom is 0.219 e. The average molecular weight is 469 g/mol. The van der Waals surface area contributed by atoms with E-state index in [1.807, 2.05) is 39.0 Å². The molecule has 3 heterocycles. The van der Waals surface area contributed by atoms with Crippen LogP contribution >= 0.6 is 11.5 Å². The van der Waals surface area contributed by atoms with Gasteiger partial charge in [-0.05, 0) is 45.0 Å². The number of hydrogen-bond donors (Lipinski definition) is 1. The monoisotopic (exact) mass is 468 g/mol. The van der Waals surface area contributed by atoms with Crippen molar-refractivity contribution in [3.05, 3.63) is 48.7 Å². The van der Waals surface area contributed by atoms with Crippen molar-refractivity contribution in [2.24, 2.45) is 0 Å². The molecule has 0 amide bonds. The van der Waals surface area contributed by atoms with E-state index in [-0.39, 0.29) is 6.61 Å². The zero-order chi connectivity index (χ0) is 23.0. The van der Waals surface area contributed by atoms with Gasteiger partial charge in [0, 0.05) is 36.2 Å². The second-order valence-electron chi connectivity index (χ2n) is 6.76. The van der Waals surface area contributed by atoms with Crippen molar-refractivity contribution < 1.29 is 18.9 Å². The number of pyridine rings is 1. The standard InChI is InChI=1S/C22H24N6O4S/c1-4-29-20(30-5-2)12-31-16-7-9-19(23-11-16)32-15-6-8-18-17(10-15)21(25-13-24-18)27-22-26-14(3)28-33-22/h6-11,13,20H,4-5,12H2,1-3H3,(H,24,25,26,27,28). The van der Waals surface area contributed by atoms with Crippen molar-refractivity contribution in [1.29, 1.82) is 0 Å². The number of benzene rings is 1.